The van der Waals surface area contributed by atoms with E-state index < -0.39 is 11.4 Å². The highest BCUT2D eigenvalue weighted by molar-refractivity contribution is 9.10. The highest BCUT2D eigenvalue weighted by atomic mass is 79.9. The third-order valence-corrected chi connectivity index (χ3v) is 4.77. The van der Waals surface area contributed by atoms with Gasteiger partial charge in [-0.05, 0) is 45.4 Å². The lowest BCUT2D eigenvalue weighted by Crippen LogP contribution is -2.40. The maximum Gasteiger partial charge on any atom is 0.136 e. The fourth-order valence-corrected chi connectivity index (χ4v) is 2.89. The summed E-state index contributed by atoms with van der Waals surface area (Å²) >= 11 is 8.41. The molecule has 1 aromatic carbocycles. The van der Waals surface area contributed by atoms with E-state index in [1.165, 1.54) is 0 Å². The average Bonchev–Trinajstić information content (AvgIpc) is 2.15. The first kappa shape index (κ1) is 15.3. The number of rotatable bonds is 3. The normalized spacial score (nSPS) is 15.7. The van der Waals surface area contributed by atoms with Gasteiger partial charge in [-0.15, -0.1) is 4.72 Å². The zero-order valence-electron chi connectivity index (χ0n) is 10.4. The van der Waals surface area contributed by atoms with Crippen molar-refractivity contribution in [2.24, 2.45) is 0 Å². The Hall–Kier alpha value is 0.260. The molecule has 5 heteroatoms. The first-order valence-electron chi connectivity index (χ1n) is 5.35. The summed E-state index contributed by atoms with van der Waals surface area (Å²) in [5.41, 5.74) is 0.951. The summed E-state index contributed by atoms with van der Waals surface area (Å²) < 4.78 is 15.7. The molecule has 0 unspecified atom stereocenters. The molecule has 96 valence electrons. The lowest BCUT2D eigenvalue weighted by atomic mass is 10.1. The van der Waals surface area contributed by atoms with Gasteiger partial charge in [-0.1, -0.05) is 33.6 Å². The molecule has 0 spiro atoms. The molecule has 0 saturated carbocycles. The van der Waals surface area contributed by atoms with Gasteiger partial charge in [0.15, 0.2) is 0 Å². The van der Waals surface area contributed by atoms with Gasteiger partial charge in [0, 0.05) is 20.9 Å². The lowest BCUT2D eigenvalue weighted by Gasteiger charge is -2.26. The maximum absolute atomic E-state index is 12.0. The van der Waals surface area contributed by atoms with E-state index >= 15 is 0 Å². The van der Waals surface area contributed by atoms with Crippen molar-refractivity contribution in [2.45, 2.75) is 38.5 Å². The fraction of sp³-hybridized carbons (Fsp3) is 0.500. The Bertz CT molecular complexity index is 395. The number of nitrogens with one attached hydrogen (secondary N) is 1. The SMILES string of the molecule is C[C@@H](N[S@@+]([O-])C(C)(C)C)c1ccc(Br)cc1Cl. The molecular formula is C12H17BrClNOS. The summed E-state index contributed by atoms with van der Waals surface area (Å²) in [5, 5.41) is 0.672. The fourth-order valence-electron chi connectivity index (χ4n) is 1.25. The molecule has 1 aromatic rings. The summed E-state index contributed by atoms with van der Waals surface area (Å²) in [6.07, 6.45) is 0. The third-order valence-electron chi connectivity index (χ3n) is 2.27. The van der Waals surface area contributed by atoms with Gasteiger partial charge in [0.1, 0.15) is 4.75 Å². The average molecular weight is 339 g/mol. The van der Waals surface area contributed by atoms with Crippen LogP contribution in [-0.2, 0) is 11.4 Å². The Labute approximate surface area is 120 Å². The Morgan fingerprint density at radius 1 is 1.41 bits per heavy atom. The minimum absolute atomic E-state index is 0.0457. The second-order valence-corrected chi connectivity index (χ2v) is 8.21. The summed E-state index contributed by atoms with van der Waals surface area (Å²) in [7, 11) is 0. The molecule has 2 nitrogen and oxygen atoms in total. The van der Waals surface area contributed by atoms with Gasteiger partial charge < -0.3 is 4.55 Å². The van der Waals surface area contributed by atoms with Gasteiger partial charge in [0.25, 0.3) is 0 Å². The first-order chi connectivity index (χ1) is 7.71. The topological polar surface area (TPSA) is 35.1 Å². The van der Waals surface area contributed by atoms with Crippen molar-refractivity contribution < 1.29 is 4.55 Å². The van der Waals surface area contributed by atoms with Crippen LogP contribution in [0.5, 0.6) is 0 Å². The molecule has 2 atom stereocenters. The van der Waals surface area contributed by atoms with Crippen molar-refractivity contribution in [3.8, 4) is 0 Å². The van der Waals surface area contributed by atoms with Crippen molar-refractivity contribution >= 4 is 38.9 Å². The second-order valence-electron chi connectivity index (χ2n) is 4.89. The minimum atomic E-state index is -1.10. The van der Waals surface area contributed by atoms with E-state index in [1.807, 2.05) is 45.9 Å². The minimum Gasteiger partial charge on any atom is -0.598 e. The van der Waals surface area contributed by atoms with Gasteiger partial charge >= 0.3 is 0 Å². The molecule has 0 aliphatic heterocycles. The second kappa shape index (κ2) is 5.93. The van der Waals surface area contributed by atoms with Crippen LogP contribution in [0.25, 0.3) is 0 Å². The molecule has 0 radical (unpaired) electrons. The van der Waals surface area contributed by atoms with Crippen molar-refractivity contribution in [2.75, 3.05) is 0 Å². The van der Waals surface area contributed by atoms with Crippen LogP contribution in [0.4, 0.5) is 0 Å². The van der Waals surface area contributed by atoms with Crippen molar-refractivity contribution in [3.63, 3.8) is 0 Å². The summed E-state index contributed by atoms with van der Waals surface area (Å²) in [4.78, 5) is 0. The van der Waals surface area contributed by atoms with E-state index in [0.717, 1.165) is 10.0 Å². The molecule has 0 fully saturated rings. The molecule has 0 bridgehead atoms. The van der Waals surface area contributed by atoms with Crippen molar-refractivity contribution in [3.05, 3.63) is 33.3 Å². The number of halogens is 2. The van der Waals surface area contributed by atoms with E-state index in [2.05, 4.69) is 20.7 Å². The zero-order chi connectivity index (χ0) is 13.2. The zero-order valence-corrected chi connectivity index (χ0v) is 13.5. The molecule has 0 aliphatic carbocycles. The Morgan fingerprint density at radius 3 is 2.47 bits per heavy atom. The Balaban J connectivity index is 2.80. The van der Waals surface area contributed by atoms with Crippen molar-refractivity contribution in [1.29, 1.82) is 0 Å². The number of benzene rings is 1. The van der Waals surface area contributed by atoms with Crippen LogP contribution in [0.15, 0.2) is 22.7 Å². The lowest BCUT2D eigenvalue weighted by molar-refractivity contribution is 0.531. The summed E-state index contributed by atoms with van der Waals surface area (Å²) in [6, 6.07) is 5.66. The quantitative estimate of drug-likeness (QED) is 0.838. The van der Waals surface area contributed by atoms with Crippen LogP contribution in [0, 0.1) is 0 Å². The van der Waals surface area contributed by atoms with Crippen LogP contribution >= 0.6 is 27.5 Å². The van der Waals surface area contributed by atoms with E-state index in [-0.39, 0.29) is 10.8 Å². The smallest absolute Gasteiger partial charge is 0.136 e. The van der Waals surface area contributed by atoms with E-state index in [0.29, 0.717) is 5.02 Å². The molecule has 0 heterocycles. The summed E-state index contributed by atoms with van der Waals surface area (Å²) in [6.45, 7) is 7.77. The van der Waals surface area contributed by atoms with Crippen LogP contribution < -0.4 is 4.72 Å². The van der Waals surface area contributed by atoms with Gasteiger partial charge in [-0.3, -0.25) is 0 Å². The van der Waals surface area contributed by atoms with Crippen molar-refractivity contribution in [1.82, 2.24) is 4.72 Å². The van der Waals surface area contributed by atoms with E-state index in [4.69, 9.17) is 11.6 Å². The molecule has 1 N–H and O–H groups in total. The van der Waals surface area contributed by atoms with Gasteiger partial charge in [-0.25, -0.2) is 0 Å². The van der Waals surface area contributed by atoms with Crippen LogP contribution in [0.1, 0.15) is 39.3 Å². The molecule has 17 heavy (non-hydrogen) atoms. The van der Waals surface area contributed by atoms with Gasteiger partial charge in [0.2, 0.25) is 0 Å². The molecule has 0 saturated heterocycles. The van der Waals surface area contributed by atoms with Gasteiger partial charge in [-0.2, -0.15) is 0 Å². The Kier molecular flexibility index (Phi) is 5.35. The Morgan fingerprint density at radius 2 is 2.00 bits per heavy atom. The van der Waals surface area contributed by atoms with Crippen LogP contribution in [0.2, 0.25) is 5.02 Å². The largest absolute Gasteiger partial charge is 0.598 e. The van der Waals surface area contributed by atoms with Crippen LogP contribution in [-0.4, -0.2) is 9.30 Å². The highest BCUT2D eigenvalue weighted by Gasteiger charge is 2.28. The third kappa shape index (κ3) is 4.45. The highest BCUT2D eigenvalue weighted by Crippen LogP contribution is 2.27. The standard InChI is InChI=1S/C12H17BrClNOS/c1-8(15-17(16)12(2,3)4)10-6-5-9(13)7-11(10)14/h5-8,15H,1-4H3/t8-,17+/m1/s1. The number of hydrogen-bond donors (Lipinski definition) is 1. The summed E-state index contributed by atoms with van der Waals surface area (Å²) in [5.74, 6) is 0. The molecule has 1 rings (SSSR count). The van der Waals surface area contributed by atoms with Gasteiger partial charge in [0.05, 0.1) is 6.04 Å². The molecule has 0 aliphatic rings. The molecule has 0 amide bonds. The molecular weight excluding hydrogens is 322 g/mol. The molecule has 0 aromatic heterocycles. The van der Waals surface area contributed by atoms with E-state index in [9.17, 15) is 4.55 Å². The maximum atomic E-state index is 12.0. The first-order valence-corrected chi connectivity index (χ1v) is 7.67. The predicted octanol–water partition coefficient (Wildman–Crippen LogP) is 4.22. The van der Waals surface area contributed by atoms with Crippen LogP contribution in [0.3, 0.4) is 0 Å². The van der Waals surface area contributed by atoms with E-state index in [1.54, 1.807) is 0 Å². The number of hydrogen-bond acceptors (Lipinski definition) is 2. The monoisotopic (exact) mass is 337 g/mol. The predicted molar refractivity (Wildman–Crippen MR) is 78.6 cm³/mol.